The molecule has 0 atom stereocenters. The van der Waals surface area contributed by atoms with E-state index in [-0.39, 0.29) is 0 Å². The summed E-state index contributed by atoms with van der Waals surface area (Å²) in [5.41, 5.74) is 0. The minimum atomic E-state index is 1.25. The Morgan fingerprint density at radius 3 is 2.50 bits per heavy atom. The Balaban J connectivity index is 2.34. The zero-order valence-corrected chi connectivity index (χ0v) is 5.22. The molecule has 2 heteroatoms. The maximum Gasteiger partial charge on any atom is 0.191 e. The largest absolute Gasteiger partial charge is 0.221 e. The molecule has 0 aliphatic heterocycles. The fraction of sp³-hybridized carbons (Fsp3) is 1.00. The second-order valence-corrected chi connectivity index (χ2v) is 2.00. The van der Waals surface area contributed by atoms with E-state index in [1.54, 1.807) is 11.6 Å². The molecule has 6 heavy (non-hydrogen) atoms. The quantitative estimate of drug-likeness (QED) is 0.385. The summed E-state index contributed by atoms with van der Waals surface area (Å²) in [7, 11) is 0. The molecule has 0 aromatic heterocycles. The summed E-state index contributed by atoms with van der Waals surface area (Å²) >= 11 is 1.80. The van der Waals surface area contributed by atoms with Gasteiger partial charge in [0.25, 0.3) is 0 Å². The lowest BCUT2D eigenvalue weighted by atomic mass is 10.0. The van der Waals surface area contributed by atoms with Gasteiger partial charge >= 0.3 is 0 Å². The molecule has 0 aromatic carbocycles. The molecule has 1 radical (unpaired) electrons. The van der Waals surface area contributed by atoms with Gasteiger partial charge in [0.15, 0.2) is 6.56 Å². The first-order valence-electron chi connectivity index (χ1n) is 2.26. The third-order valence-electron chi connectivity index (χ3n) is 0.573. The molecule has 0 saturated heterocycles. The SMILES string of the molecule is CCC[B]SC. The molecule has 0 aliphatic carbocycles. The molecule has 0 amide bonds. The highest BCUT2D eigenvalue weighted by Gasteiger charge is 1.79. The van der Waals surface area contributed by atoms with Crippen LogP contribution in [0.15, 0.2) is 0 Å². The third-order valence-corrected chi connectivity index (χ3v) is 1.14. The van der Waals surface area contributed by atoms with Crippen molar-refractivity contribution in [3.8, 4) is 0 Å². The maximum atomic E-state index is 2.22. The van der Waals surface area contributed by atoms with Crippen LogP contribution in [0.2, 0.25) is 6.32 Å². The van der Waals surface area contributed by atoms with Crippen molar-refractivity contribution in [3.05, 3.63) is 0 Å². The van der Waals surface area contributed by atoms with Crippen LogP contribution in [0.3, 0.4) is 0 Å². The van der Waals surface area contributed by atoms with Crippen LogP contribution in [0, 0.1) is 0 Å². The predicted molar refractivity (Wildman–Crippen MR) is 34.4 cm³/mol. The Kier molecular flexibility index (Phi) is 5.79. The zero-order valence-electron chi connectivity index (χ0n) is 4.40. The molecule has 0 aromatic rings. The van der Waals surface area contributed by atoms with E-state index in [0.717, 1.165) is 0 Å². The standard InChI is InChI=1S/C4H10BS/c1-3-4-5-6-2/h3-4H2,1-2H3. The van der Waals surface area contributed by atoms with E-state index in [9.17, 15) is 0 Å². The number of hydrogen-bond donors (Lipinski definition) is 0. The van der Waals surface area contributed by atoms with Gasteiger partial charge in [0.2, 0.25) is 0 Å². The topological polar surface area (TPSA) is 0 Å². The van der Waals surface area contributed by atoms with Gasteiger partial charge < -0.3 is 0 Å². The summed E-state index contributed by atoms with van der Waals surface area (Å²) < 4.78 is 0. The van der Waals surface area contributed by atoms with Crippen LogP contribution < -0.4 is 0 Å². The molecule has 0 saturated carbocycles. The molecular weight excluding hydrogens is 90.9 g/mol. The molecule has 0 heterocycles. The van der Waals surface area contributed by atoms with E-state index in [1.165, 1.54) is 12.7 Å². The van der Waals surface area contributed by atoms with E-state index in [4.69, 9.17) is 0 Å². The smallest absolute Gasteiger partial charge is 0.191 e. The minimum absolute atomic E-state index is 1.25. The molecule has 0 fully saturated rings. The first kappa shape index (κ1) is 6.41. The van der Waals surface area contributed by atoms with Gasteiger partial charge in [-0.3, -0.25) is 0 Å². The van der Waals surface area contributed by atoms with Crippen molar-refractivity contribution < 1.29 is 0 Å². The highest BCUT2D eigenvalue weighted by molar-refractivity contribution is 8.21. The molecule has 0 aliphatic rings. The van der Waals surface area contributed by atoms with Crippen LogP contribution >= 0.6 is 11.6 Å². The van der Waals surface area contributed by atoms with E-state index in [1.807, 2.05) is 0 Å². The molecule has 0 rings (SSSR count). The lowest BCUT2D eigenvalue weighted by molar-refractivity contribution is 1.08. The Morgan fingerprint density at radius 2 is 2.33 bits per heavy atom. The van der Waals surface area contributed by atoms with Gasteiger partial charge in [0.1, 0.15) is 0 Å². The van der Waals surface area contributed by atoms with Crippen LogP contribution in [0.4, 0.5) is 0 Å². The lowest BCUT2D eigenvalue weighted by Gasteiger charge is -1.83. The average Bonchev–Trinajstić information content (AvgIpc) is 1.61. The first-order valence-corrected chi connectivity index (χ1v) is 3.55. The highest BCUT2D eigenvalue weighted by atomic mass is 32.2. The van der Waals surface area contributed by atoms with Gasteiger partial charge in [0.05, 0.1) is 0 Å². The van der Waals surface area contributed by atoms with Gasteiger partial charge in [-0.25, -0.2) is 11.6 Å². The van der Waals surface area contributed by atoms with Gasteiger partial charge in [-0.05, 0) is 6.26 Å². The second kappa shape index (κ2) is 5.41. The van der Waals surface area contributed by atoms with Crippen LogP contribution in [-0.2, 0) is 0 Å². The van der Waals surface area contributed by atoms with Crippen molar-refractivity contribution in [3.63, 3.8) is 0 Å². The van der Waals surface area contributed by atoms with Crippen LogP contribution in [0.5, 0.6) is 0 Å². The fourth-order valence-electron chi connectivity index (χ4n) is 0.236. The predicted octanol–water partition coefficient (Wildman–Crippen LogP) is 1.80. The molecule has 35 valence electrons. The molecule has 0 N–H and O–H groups in total. The molecule has 0 nitrogen and oxygen atoms in total. The Labute approximate surface area is 44.8 Å². The van der Waals surface area contributed by atoms with Crippen molar-refractivity contribution in [2.24, 2.45) is 0 Å². The first-order chi connectivity index (χ1) is 2.91. The normalized spacial score (nSPS) is 8.33. The van der Waals surface area contributed by atoms with Gasteiger partial charge in [-0.1, -0.05) is 19.7 Å². The maximum absolute atomic E-state index is 2.22. The van der Waals surface area contributed by atoms with Crippen molar-refractivity contribution in [1.82, 2.24) is 0 Å². The second-order valence-electron chi connectivity index (χ2n) is 1.19. The highest BCUT2D eigenvalue weighted by Crippen LogP contribution is 1.94. The van der Waals surface area contributed by atoms with Crippen LogP contribution in [0.1, 0.15) is 13.3 Å². The Bertz CT molecular complexity index is 19.5. The zero-order chi connectivity index (χ0) is 4.83. The summed E-state index contributed by atoms with van der Waals surface area (Å²) in [4.78, 5) is 0. The molecule has 0 unspecified atom stereocenters. The summed E-state index contributed by atoms with van der Waals surface area (Å²) in [5, 5.41) is 0. The number of hydrogen-bond acceptors (Lipinski definition) is 1. The van der Waals surface area contributed by atoms with E-state index in [0.29, 0.717) is 0 Å². The van der Waals surface area contributed by atoms with Crippen molar-refractivity contribution >= 4 is 18.2 Å². The molecular formula is C4H10BS. The van der Waals surface area contributed by atoms with Gasteiger partial charge in [-0.2, -0.15) is 0 Å². The van der Waals surface area contributed by atoms with Crippen molar-refractivity contribution in [1.29, 1.82) is 0 Å². The van der Waals surface area contributed by atoms with Gasteiger partial charge in [-0.15, -0.1) is 0 Å². The van der Waals surface area contributed by atoms with Crippen LogP contribution in [-0.4, -0.2) is 12.8 Å². The Hall–Kier alpha value is 0.415. The van der Waals surface area contributed by atoms with E-state index in [2.05, 4.69) is 19.7 Å². The van der Waals surface area contributed by atoms with Crippen molar-refractivity contribution in [2.45, 2.75) is 19.7 Å². The summed E-state index contributed by atoms with van der Waals surface area (Å²) in [6.45, 7) is 4.41. The average molecular weight is 101 g/mol. The molecule has 0 spiro atoms. The van der Waals surface area contributed by atoms with Crippen molar-refractivity contribution in [2.75, 3.05) is 6.26 Å². The Morgan fingerprint density at radius 1 is 1.67 bits per heavy atom. The fourth-order valence-corrected chi connectivity index (χ4v) is 0.707. The number of rotatable bonds is 3. The lowest BCUT2D eigenvalue weighted by Crippen LogP contribution is -1.75. The van der Waals surface area contributed by atoms with Crippen LogP contribution in [0.25, 0.3) is 0 Å². The minimum Gasteiger partial charge on any atom is -0.221 e. The van der Waals surface area contributed by atoms with E-state index >= 15 is 0 Å². The molecule has 0 bridgehead atoms. The monoisotopic (exact) mass is 101 g/mol. The van der Waals surface area contributed by atoms with Gasteiger partial charge in [0, 0.05) is 0 Å². The summed E-state index contributed by atoms with van der Waals surface area (Å²) in [5.74, 6) is 0. The third kappa shape index (κ3) is 4.41. The summed E-state index contributed by atoms with van der Waals surface area (Å²) in [6.07, 6.45) is 4.62. The van der Waals surface area contributed by atoms with E-state index < -0.39 is 0 Å². The summed E-state index contributed by atoms with van der Waals surface area (Å²) in [6, 6.07) is 0.